The molecular weight excluding hydrogens is 204 g/mol. The molecule has 0 aliphatic rings. The van der Waals surface area contributed by atoms with Gasteiger partial charge in [0.1, 0.15) is 0 Å². The van der Waals surface area contributed by atoms with Gasteiger partial charge in [0.25, 0.3) is 0 Å². The Morgan fingerprint density at radius 2 is 2.38 bits per heavy atom. The first kappa shape index (κ1) is 10.3. The largest absolute Gasteiger partial charge is 0.358 e. The zero-order chi connectivity index (χ0) is 11.4. The zero-order valence-corrected chi connectivity index (χ0v) is 8.51. The van der Waals surface area contributed by atoms with Crippen LogP contribution in [-0.4, -0.2) is 22.0 Å². The van der Waals surface area contributed by atoms with Gasteiger partial charge in [0.2, 0.25) is 0 Å². The molecule has 2 aromatic heterocycles. The third kappa shape index (κ3) is 2.23. The fourth-order valence-electron chi connectivity index (χ4n) is 1.43. The van der Waals surface area contributed by atoms with Crippen molar-refractivity contribution >= 4 is 12.1 Å². The quantitative estimate of drug-likeness (QED) is 0.621. The fraction of sp³-hybridized carbons (Fsp3) is 0.0833. The van der Waals surface area contributed by atoms with E-state index in [1.54, 1.807) is 30.7 Å². The second kappa shape index (κ2) is 4.53. The molecule has 0 saturated heterocycles. The Morgan fingerprint density at radius 1 is 1.50 bits per heavy atom. The van der Waals surface area contributed by atoms with Crippen LogP contribution in [0.25, 0.3) is 0 Å². The van der Waals surface area contributed by atoms with Gasteiger partial charge < -0.3 is 4.98 Å². The number of aromatic amines is 1. The van der Waals surface area contributed by atoms with Gasteiger partial charge in [-0.2, -0.15) is 0 Å². The summed E-state index contributed by atoms with van der Waals surface area (Å²) >= 11 is 0. The van der Waals surface area contributed by atoms with E-state index in [1.165, 1.54) is 0 Å². The van der Waals surface area contributed by atoms with Crippen molar-refractivity contribution in [3.05, 3.63) is 53.6 Å². The Balaban J connectivity index is 2.11. The molecule has 0 bridgehead atoms. The summed E-state index contributed by atoms with van der Waals surface area (Å²) < 4.78 is 0. The van der Waals surface area contributed by atoms with E-state index in [4.69, 9.17) is 0 Å². The molecule has 0 aliphatic heterocycles. The highest BCUT2D eigenvalue weighted by Gasteiger charge is 2.09. The second-order valence-electron chi connectivity index (χ2n) is 3.42. The van der Waals surface area contributed by atoms with Gasteiger partial charge in [0.15, 0.2) is 12.1 Å². The molecule has 0 spiro atoms. The van der Waals surface area contributed by atoms with E-state index in [0.29, 0.717) is 24.0 Å². The summed E-state index contributed by atoms with van der Waals surface area (Å²) in [5.74, 6) is -0.0302. The van der Waals surface area contributed by atoms with E-state index < -0.39 is 0 Å². The van der Waals surface area contributed by atoms with Crippen molar-refractivity contribution in [2.75, 3.05) is 0 Å². The smallest absolute Gasteiger partial charge is 0.168 e. The molecule has 0 atom stereocenters. The van der Waals surface area contributed by atoms with Crippen LogP contribution in [0.1, 0.15) is 26.4 Å². The molecule has 2 heterocycles. The number of rotatable bonds is 4. The van der Waals surface area contributed by atoms with Crippen LogP contribution >= 0.6 is 0 Å². The van der Waals surface area contributed by atoms with E-state index in [9.17, 15) is 9.59 Å². The van der Waals surface area contributed by atoms with Gasteiger partial charge >= 0.3 is 0 Å². The molecule has 16 heavy (non-hydrogen) atoms. The fourth-order valence-corrected chi connectivity index (χ4v) is 1.43. The van der Waals surface area contributed by atoms with E-state index in [2.05, 4.69) is 9.97 Å². The summed E-state index contributed by atoms with van der Waals surface area (Å²) in [5.41, 5.74) is 1.79. The lowest BCUT2D eigenvalue weighted by Gasteiger charge is -1.97. The zero-order valence-electron chi connectivity index (χ0n) is 8.51. The van der Waals surface area contributed by atoms with Crippen LogP contribution in [0.2, 0.25) is 0 Å². The average Bonchev–Trinajstić information content (AvgIpc) is 2.79. The van der Waals surface area contributed by atoms with Crippen molar-refractivity contribution < 1.29 is 9.59 Å². The molecule has 4 nitrogen and oxygen atoms in total. The van der Waals surface area contributed by atoms with Crippen molar-refractivity contribution in [1.29, 1.82) is 0 Å². The number of nitrogens with zero attached hydrogens (tertiary/aromatic N) is 1. The Bertz CT molecular complexity index is 503. The molecule has 0 aromatic carbocycles. The maximum absolute atomic E-state index is 11.8. The number of H-pyrrole nitrogens is 1. The summed E-state index contributed by atoms with van der Waals surface area (Å²) in [6, 6.07) is 5.18. The molecule has 4 heteroatoms. The topological polar surface area (TPSA) is 62.8 Å². The van der Waals surface area contributed by atoms with Gasteiger partial charge in [-0.3, -0.25) is 14.6 Å². The van der Waals surface area contributed by atoms with Crippen molar-refractivity contribution in [1.82, 2.24) is 9.97 Å². The van der Waals surface area contributed by atoms with Crippen LogP contribution in [0.3, 0.4) is 0 Å². The number of hydrogen-bond donors (Lipinski definition) is 1. The molecule has 0 saturated carbocycles. The molecule has 2 aromatic rings. The van der Waals surface area contributed by atoms with Crippen LogP contribution in [0.4, 0.5) is 0 Å². The minimum absolute atomic E-state index is 0.0302. The van der Waals surface area contributed by atoms with E-state index in [-0.39, 0.29) is 5.78 Å². The molecule has 0 radical (unpaired) electrons. The van der Waals surface area contributed by atoms with E-state index in [0.717, 1.165) is 5.56 Å². The lowest BCUT2D eigenvalue weighted by molar-refractivity contribution is 0.0993. The normalized spacial score (nSPS) is 10.0. The van der Waals surface area contributed by atoms with Crippen molar-refractivity contribution in [3.63, 3.8) is 0 Å². The number of carbonyl (C=O) groups excluding carboxylic acids is 2. The maximum Gasteiger partial charge on any atom is 0.168 e. The van der Waals surface area contributed by atoms with E-state index in [1.807, 2.05) is 6.07 Å². The number of hydrogen-bond acceptors (Lipinski definition) is 3. The number of aldehydes is 1. The summed E-state index contributed by atoms with van der Waals surface area (Å²) in [5, 5.41) is 0. The average molecular weight is 214 g/mol. The molecule has 0 fully saturated rings. The van der Waals surface area contributed by atoms with Crippen molar-refractivity contribution in [2.24, 2.45) is 0 Å². The minimum Gasteiger partial charge on any atom is -0.358 e. The van der Waals surface area contributed by atoms with Gasteiger partial charge in [-0.1, -0.05) is 6.07 Å². The first-order valence-corrected chi connectivity index (χ1v) is 4.85. The summed E-state index contributed by atoms with van der Waals surface area (Å²) in [4.78, 5) is 28.9. The number of aromatic nitrogens is 2. The standard InChI is InChI=1S/C12H10N2O2/c15-8-11-5-10(7-14-11)12(16)4-9-2-1-3-13-6-9/h1-3,5-8,14H,4H2. The first-order chi connectivity index (χ1) is 7.79. The number of Topliss-reactive ketones (excluding diaryl/α,β-unsaturated/α-hetero) is 1. The Morgan fingerprint density at radius 3 is 3.00 bits per heavy atom. The van der Waals surface area contributed by atoms with Gasteiger partial charge in [0.05, 0.1) is 5.69 Å². The Hall–Kier alpha value is -2.23. The van der Waals surface area contributed by atoms with Crippen LogP contribution in [-0.2, 0) is 6.42 Å². The second-order valence-corrected chi connectivity index (χ2v) is 3.42. The minimum atomic E-state index is -0.0302. The molecule has 0 amide bonds. The number of pyridine rings is 1. The molecule has 0 aliphatic carbocycles. The first-order valence-electron chi connectivity index (χ1n) is 4.85. The summed E-state index contributed by atoms with van der Waals surface area (Å²) in [6.45, 7) is 0. The highest BCUT2D eigenvalue weighted by Crippen LogP contribution is 2.07. The van der Waals surface area contributed by atoms with Crippen LogP contribution in [0.5, 0.6) is 0 Å². The SMILES string of the molecule is O=Cc1cc(C(=O)Cc2cccnc2)c[nH]1. The predicted octanol–water partition coefficient (Wildman–Crippen LogP) is 1.65. The van der Waals surface area contributed by atoms with Crippen LogP contribution in [0.15, 0.2) is 36.8 Å². The number of ketones is 1. The molecule has 1 N–H and O–H groups in total. The van der Waals surface area contributed by atoms with Crippen LogP contribution in [0, 0.1) is 0 Å². The summed E-state index contributed by atoms with van der Waals surface area (Å²) in [6.07, 6.45) is 5.84. The van der Waals surface area contributed by atoms with Crippen molar-refractivity contribution in [3.8, 4) is 0 Å². The molecule has 2 rings (SSSR count). The van der Waals surface area contributed by atoms with Gasteiger partial charge in [-0.25, -0.2) is 0 Å². The predicted molar refractivity (Wildman–Crippen MR) is 58.5 cm³/mol. The van der Waals surface area contributed by atoms with E-state index >= 15 is 0 Å². The number of nitrogens with one attached hydrogen (secondary N) is 1. The lowest BCUT2D eigenvalue weighted by atomic mass is 10.1. The third-order valence-corrected chi connectivity index (χ3v) is 2.24. The highest BCUT2D eigenvalue weighted by molar-refractivity contribution is 5.98. The Kier molecular flexibility index (Phi) is 2.91. The van der Waals surface area contributed by atoms with Gasteiger partial charge in [-0.05, 0) is 17.7 Å². The van der Waals surface area contributed by atoms with Crippen molar-refractivity contribution in [2.45, 2.75) is 6.42 Å². The number of carbonyl (C=O) groups is 2. The molecule has 0 unspecified atom stereocenters. The third-order valence-electron chi connectivity index (χ3n) is 2.24. The molecule has 80 valence electrons. The Labute approximate surface area is 92.3 Å². The van der Waals surface area contributed by atoms with Gasteiger partial charge in [-0.15, -0.1) is 0 Å². The highest BCUT2D eigenvalue weighted by atomic mass is 16.1. The lowest BCUT2D eigenvalue weighted by Crippen LogP contribution is -2.02. The summed E-state index contributed by atoms with van der Waals surface area (Å²) in [7, 11) is 0. The van der Waals surface area contributed by atoms with Crippen LogP contribution < -0.4 is 0 Å². The van der Waals surface area contributed by atoms with Gasteiger partial charge in [0, 0.05) is 30.6 Å². The monoisotopic (exact) mass is 214 g/mol. The maximum atomic E-state index is 11.8. The molecular formula is C12H10N2O2.